The van der Waals surface area contributed by atoms with Crippen molar-refractivity contribution in [1.29, 1.82) is 0 Å². The van der Waals surface area contributed by atoms with Gasteiger partial charge in [-0.05, 0) is 41.2 Å². The van der Waals surface area contributed by atoms with Crippen LogP contribution in [-0.4, -0.2) is 52.0 Å². The van der Waals surface area contributed by atoms with Crippen molar-refractivity contribution >= 4 is 22.1 Å². The second-order valence-corrected chi connectivity index (χ2v) is 10.8. The molecule has 4 rings (SSSR count). The van der Waals surface area contributed by atoms with Crippen LogP contribution in [0.5, 0.6) is 0 Å². The molecule has 0 radical (unpaired) electrons. The number of sulfonamides is 1. The van der Waals surface area contributed by atoms with Gasteiger partial charge in [-0.25, -0.2) is 17.9 Å². The molecule has 0 heterocycles. The van der Waals surface area contributed by atoms with E-state index in [0.717, 1.165) is 27.8 Å². The van der Waals surface area contributed by atoms with Gasteiger partial charge in [-0.15, -0.1) is 0 Å². The molecule has 194 valence electrons. The van der Waals surface area contributed by atoms with Crippen molar-refractivity contribution in [1.82, 2.24) is 10.0 Å². The molecule has 37 heavy (non-hydrogen) atoms. The number of methoxy groups -OCH3 is 1. The number of carbonyl (C=O) groups is 2. The summed E-state index contributed by atoms with van der Waals surface area (Å²) in [6.07, 6.45) is -0.570. The summed E-state index contributed by atoms with van der Waals surface area (Å²) >= 11 is 0. The Morgan fingerprint density at radius 1 is 0.892 bits per heavy atom. The first-order valence-electron chi connectivity index (χ1n) is 12.0. The van der Waals surface area contributed by atoms with Crippen LogP contribution in [0.3, 0.4) is 0 Å². The quantitative estimate of drug-likeness (QED) is 0.394. The van der Waals surface area contributed by atoms with Crippen molar-refractivity contribution in [2.75, 3.05) is 19.5 Å². The second-order valence-electron chi connectivity index (χ2n) is 9.04. The van der Waals surface area contributed by atoms with Crippen molar-refractivity contribution < 1.29 is 27.5 Å². The molecule has 0 unspecified atom stereocenters. The fourth-order valence-corrected chi connectivity index (χ4v) is 6.09. The van der Waals surface area contributed by atoms with Gasteiger partial charge in [-0.2, -0.15) is 0 Å². The topological polar surface area (TPSA) is 111 Å². The summed E-state index contributed by atoms with van der Waals surface area (Å²) in [5, 5.41) is 2.58. The van der Waals surface area contributed by atoms with Gasteiger partial charge >= 0.3 is 12.1 Å². The monoisotopic (exact) mass is 522 g/mol. The van der Waals surface area contributed by atoms with E-state index in [9.17, 15) is 18.0 Å². The highest BCUT2D eigenvalue weighted by atomic mass is 32.2. The molecule has 8 nitrogen and oxygen atoms in total. The standard InChI is InChI=1S/C28H30N2O6S/c1-19(18-37(33,34)30-26(27(31)35-2)16-20-10-4-3-5-11-20)29-28(32)36-17-25-23-14-8-6-12-21(23)22-13-7-9-15-24(22)25/h3-15,19,25-26,30H,16-18H2,1-2H3,(H,29,32)/t19-,26+/m0/s1. The lowest BCUT2D eigenvalue weighted by atomic mass is 9.98. The minimum absolute atomic E-state index is 0.0994. The molecule has 2 atom stereocenters. The molecule has 1 aliphatic carbocycles. The average Bonchev–Trinajstić information content (AvgIpc) is 3.20. The number of esters is 1. The zero-order valence-electron chi connectivity index (χ0n) is 20.7. The maximum absolute atomic E-state index is 12.8. The average molecular weight is 523 g/mol. The van der Waals surface area contributed by atoms with Gasteiger partial charge in [0.15, 0.2) is 0 Å². The summed E-state index contributed by atoms with van der Waals surface area (Å²) in [7, 11) is -2.73. The number of hydrogen-bond acceptors (Lipinski definition) is 6. The zero-order chi connectivity index (χ0) is 26.4. The van der Waals surface area contributed by atoms with Gasteiger partial charge in [0.1, 0.15) is 12.6 Å². The number of rotatable bonds is 10. The lowest BCUT2D eigenvalue weighted by molar-refractivity contribution is -0.142. The number of fused-ring (bicyclic) bond motifs is 3. The Labute approximate surface area is 217 Å². The minimum Gasteiger partial charge on any atom is -0.468 e. The van der Waals surface area contributed by atoms with E-state index in [1.807, 2.05) is 54.6 Å². The smallest absolute Gasteiger partial charge is 0.407 e. The van der Waals surface area contributed by atoms with Crippen LogP contribution < -0.4 is 10.0 Å². The molecule has 0 saturated carbocycles. The van der Waals surface area contributed by atoms with Gasteiger partial charge in [-0.1, -0.05) is 78.9 Å². The number of ether oxygens (including phenoxy) is 2. The number of carbonyl (C=O) groups excluding carboxylic acids is 2. The number of alkyl carbamates (subject to hydrolysis) is 1. The Balaban J connectivity index is 1.33. The zero-order valence-corrected chi connectivity index (χ0v) is 21.5. The largest absolute Gasteiger partial charge is 0.468 e. The van der Waals surface area contributed by atoms with E-state index in [0.29, 0.717) is 0 Å². The van der Waals surface area contributed by atoms with Crippen LogP contribution >= 0.6 is 0 Å². The van der Waals surface area contributed by atoms with Gasteiger partial charge in [0.2, 0.25) is 10.0 Å². The summed E-state index contributed by atoms with van der Waals surface area (Å²) in [5.41, 5.74) is 5.19. The predicted octanol–water partition coefficient (Wildman–Crippen LogP) is 3.62. The van der Waals surface area contributed by atoms with Gasteiger partial charge in [0.25, 0.3) is 0 Å². The van der Waals surface area contributed by atoms with Gasteiger partial charge in [0, 0.05) is 12.0 Å². The number of nitrogens with one attached hydrogen (secondary N) is 2. The highest BCUT2D eigenvalue weighted by molar-refractivity contribution is 7.89. The molecule has 9 heteroatoms. The lowest BCUT2D eigenvalue weighted by Gasteiger charge is -2.20. The second kappa shape index (κ2) is 11.6. The van der Waals surface area contributed by atoms with Crippen molar-refractivity contribution in [3.05, 3.63) is 95.6 Å². The third-order valence-corrected chi connectivity index (χ3v) is 7.85. The highest BCUT2D eigenvalue weighted by Crippen LogP contribution is 2.44. The van der Waals surface area contributed by atoms with Gasteiger partial charge in [-0.3, -0.25) is 4.79 Å². The van der Waals surface area contributed by atoms with Crippen LogP contribution in [-0.2, 0) is 30.7 Å². The Morgan fingerprint density at radius 3 is 2.05 bits per heavy atom. The van der Waals surface area contributed by atoms with Crippen molar-refractivity contribution in [2.24, 2.45) is 0 Å². The SMILES string of the molecule is COC(=O)[C@@H](Cc1ccccc1)NS(=O)(=O)C[C@H](C)NC(=O)OCC1c2ccccc2-c2ccccc21. The number of benzene rings is 3. The van der Waals surface area contributed by atoms with Crippen LogP contribution in [0.25, 0.3) is 11.1 Å². The van der Waals surface area contributed by atoms with Crippen molar-refractivity contribution in [2.45, 2.75) is 31.3 Å². The molecule has 0 aromatic heterocycles. The van der Waals surface area contributed by atoms with E-state index >= 15 is 0 Å². The summed E-state index contributed by atoms with van der Waals surface area (Å²) in [5.74, 6) is -1.22. The van der Waals surface area contributed by atoms with Gasteiger partial charge < -0.3 is 14.8 Å². The minimum atomic E-state index is -3.93. The molecular formula is C28H30N2O6S. The van der Waals surface area contributed by atoms with E-state index in [4.69, 9.17) is 9.47 Å². The maximum atomic E-state index is 12.8. The first-order valence-corrected chi connectivity index (χ1v) is 13.7. The molecule has 0 bridgehead atoms. The third kappa shape index (κ3) is 6.55. The summed E-state index contributed by atoms with van der Waals surface area (Å²) in [6.45, 7) is 1.68. The summed E-state index contributed by atoms with van der Waals surface area (Å²) in [6, 6.07) is 23.2. The normalized spacial score (nSPS) is 14.2. The third-order valence-electron chi connectivity index (χ3n) is 6.27. The Morgan fingerprint density at radius 2 is 1.46 bits per heavy atom. The van der Waals surface area contributed by atoms with Crippen molar-refractivity contribution in [3.8, 4) is 11.1 Å². The molecule has 1 amide bonds. The molecule has 3 aromatic rings. The van der Waals surface area contributed by atoms with Crippen LogP contribution in [0.1, 0.15) is 29.5 Å². The van der Waals surface area contributed by atoms with E-state index in [1.165, 1.54) is 7.11 Å². The fourth-order valence-electron chi connectivity index (χ4n) is 4.64. The van der Waals surface area contributed by atoms with Gasteiger partial charge in [0.05, 0.1) is 12.9 Å². The van der Waals surface area contributed by atoms with Crippen LogP contribution in [0, 0.1) is 0 Å². The molecule has 0 saturated heterocycles. The summed E-state index contributed by atoms with van der Waals surface area (Å²) in [4.78, 5) is 24.7. The Kier molecular flexibility index (Phi) is 8.25. The maximum Gasteiger partial charge on any atom is 0.407 e. The highest BCUT2D eigenvalue weighted by Gasteiger charge is 2.30. The number of amides is 1. The summed E-state index contributed by atoms with van der Waals surface area (Å²) < 4.78 is 38.2. The fraction of sp³-hybridized carbons (Fsp3) is 0.286. The van der Waals surface area contributed by atoms with E-state index in [-0.39, 0.29) is 18.9 Å². The van der Waals surface area contributed by atoms with E-state index in [1.54, 1.807) is 31.2 Å². The molecule has 1 aliphatic rings. The molecule has 0 spiro atoms. The van der Waals surface area contributed by atoms with E-state index < -0.39 is 39.9 Å². The molecule has 3 aromatic carbocycles. The van der Waals surface area contributed by atoms with Crippen LogP contribution in [0.2, 0.25) is 0 Å². The first kappa shape index (κ1) is 26.4. The van der Waals surface area contributed by atoms with Crippen LogP contribution in [0.15, 0.2) is 78.9 Å². The molecule has 0 aliphatic heterocycles. The predicted molar refractivity (Wildman–Crippen MR) is 141 cm³/mol. The molecular weight excluding hydrogens is 492 g/mol. The lowest BCUT2D eigenvalue weighted by Crippen LogP contribution is -2.47. The number of hydrogen-bond donors (Lipinski definition) is 2. The first-order chi connectivity index (χ1) is 17.8. The Hall–Kier alpha value is -3.69. The van der Waals surface area contributed by atoms with E-state index in [2.05, 4.69) is 10.0 Å². The Bertz CT molecular complexity index is 1310. The molecule has 2 N–H and O–H groups in total. The van der Waals surface area contributed by atoms with Crippen molar-refractivity contribution in [3.63, 3.8) is 0 Å². The molecule has 0 fully saturated rings. The van der Waals surface area contributed by atoms with Crippen LogP contribution in [0.4, 0.5) is 4.79 Å².